The largest absolute Gasteiger partial charge is 0.354 e. The molecular weight excluding hydrogens is 366 g/mol. The maximum Gasteiger partial charge on any atom is 0.262 e. The molecule has 7 heteroatoms. The Morgan fingerprint density at radius 1 is 1.45 bits per heavy atom. The van der Waals surface area contributed by atoms with Gasteiger partial charge in [-0.1, -0.05) is 15.9 Å². The summed E-state index contributed by atoms with van der Waals surface area (Å²) in [6.45, 7) is 4.25. The van der Waals surface area contributed by atoms with Crippen molar-refractivity contribution in [1.82, 2.24) is 14.9 Å². The van der Waals surface area contributed by atoms with E-state index in [1.165, 1.54) is 4.57 Å². The van der Waals surface area contributed by atoms with Crippen molar-refractivity contribution in [3.63, 3.8) is 0 Å². The summed E-state index contributed by atoms with van der Waals surface area (Å²) in [7, 11) is 0. The summed E-state index contributed by atoms with van der Waals surface area (Å²) in [4.78, 5) is 27.2. The number of hydrogen-bond donors (Lipinski definition) is 2. The van der Waals surface area contributed by atoms with Gasteiger partial charge in [-0.3, -0.25) is 14.2 Å². The molecule has 2 aromatic rings. The lowest BCUT2D eigenvalue weighted by Crippen LogP contribution is -2.30. The van der Waals surface area contributed by atoms with Crippen LogP contribution in [-0.4, -0.2) is 21.5 Å². The molecule has 1 heterocycles. The number of rotatable bonds is 5. The molecule has 0 spiro atoms. The number of benzene rings is 1. The smallest absolute Gasteiger partial charge is 0.262 e. The molecule has 0 bridgehead atoms. The Morgan fingerprint density at radius 3 is 2.86 bits per heavy atom. The van der Waals surface area contributed by atoms with Gasteiger partial charge in [-0.25, -0.2) is 0 Å². The van der Waals surface area contributed by atoms with Crippen molar-refractivity contribution in [2.24, 2.45) is 0 Å². The van der Waals surface area contributed by atoms with E-state index in [-0.39, 0.29) is 17.5 Å². The Hall–Kier alpha value is -1.47. The predicted molar refractivity (Wildman–Crippen MR) is 93.6 cm³/mol. The monoisotopic (exact) mass is 383 g/mol. The quantitative estimate of drug-likeness (QED) is 0.779. The van der Waals surface area contributed by atoms with Crippen LogP contribution >= 0.6 is 28.1 Å². The molecular formula is C15H18BrN3O2S. The van der Waals surface area contributed by atoms with Crippen LogP contribution in [0.25, 0.3) is 10.9 Å². The zero-order chi connectivity index (χ0) is 16.3. The highest BCUT2D eigenvalue weighted by Gasteiger charge is 2.08. The SMILES string of the molecule is CC(C)NC(=O)CCCn1c(=S)[nH]c2ccc(Br)cc2c1=O. The highest BCUT2D eigenvalue weighted by molar-refractivity contribution is 9.10. The molecule has 1 aromatic heterocycles. The molecule has 0 aliphatic heterocycles. The van der Waals surface area contributed by atoms with Gasteiger partial charge in [0.25, 0.3) is 5.56 Å². The summed E-state index contributed by atoms with van der Waals surface area (Å²) in [6.07, 6.45) is 0.936. The van der Waals surface area contributed by atoms with Crippen LogP contribution in [0.3, 0.4) is 0 Å². The van der Waals surface area contributed by atoms with Crippen LogP contribution in [0.2, 0.25) is 0 Å². The number of aromatic amines is 1. The fraction of sp³-hybridized carbons (Fsp3) is 0.400. The van der Waals surface area contributed by atoms with E-state index in [2.05, 4.69) is 26.2 Å². The first kappa shape index (κ1) is 16.9. The number of carbonyl (C=O) groups excluding carboxylic acids is 1. The Kier molecular flexibility index (Phi) is 5.52. The van der Waals surface area contributed by atoms with Crippen molar-refractivity contribution in [2.45, 2.75) is 39.3 Å². The van der Waals surface area contributed by atoms with E-state index in [0.29, 0.717) is 35.1 Å². The molecule has 5 nitrogen and oxygen atoms in total. The normalized spacial score (nSPS) is 11.1. The third-order valence-electron chi connectivity index (χ3n) is 3.18. The summed E-state index contributed by atoms with van der Waals surface area (Å²) >= 11 is 8.61. The molecule has 2 rings (SSSR count). The van der Waals surface area contributed by atoms with Crippen LogP contribution < -0.4 is 10.9 Å². The van der Waals surface area contributed by atoms with Gasteiger partial charge >= 0.3 is 0 Å². The Morgan fingerprint density at radius 2 is 2.18 bits per heavy atom. The van der Waals surface area contributed by atoms with E-state index in [1.54, 1.807) is 6.07 Å². The molecule has 0 radical (unpaired) electrons. The average molecular weight is 384 g/mol. The minimum atomic E-state index is -0.135. The molecule has 118 valence electrons. The van der Waals surface area contributed by atoms with E-state index < -0.39 is 0 Å². The van der Waals surface area contributed by atoms with Crippen molar-refractivity contribution in [2.75, 3.05) is 0 Å². The minimum absolute atomic E-state index is 0.0125. The zero-order valence-electron chi connectivity index (χ0n) is 12.5. The van der Waals surface area contributed by atoms with Crippen molar-refractivity contribution >= 4 is 45.0 Å². The summed E-state index contributed by atoms with van der Waals surface area (Å²) < 4.78 is 2.72. The van der Waals surface area contributed by atoms with Gasteiger partial charge in [0.15, 0.2) is 4.77 Å². The van der Waals surface area contributed by atoms with Crippen LogP contribution in [0, 0.1) is 4.77 Å². The molecule has 0 unspecified atom stereocenters. The van der Waals surface area contributed by atoms with Crippen molar-refractivity contribution in [3.05, 3.63) is 37.8 Å². The van der Waals surface area contributed by atoms with Crippen LogP contribution in [0.4, 0.5) is 0 Å². The molecule has 0 saturated heterocycles. The molecule has 1 aromatic carbocycles. The first-order valence-electron chi connectivity index (χ1n) is 7.10. The van der Waals surface area contributed by atoms with Crippen molar-refractivity contribution in [1.29, 1.82) is 0 Å². The second-order valence-corrected chi connectivity index (χ2v) is 6.70. The van der Waals surface area contributed by atoms with Crippen LogP contribution in [0.15, 0.2) is 27.5 Å². The number of amides is 1. The molecule has 0 saturated carbocycles. The molecule has 2 N–H and O–H groups in total. The van der Waals surface area contributed by atoms with E-state index in [9.17, 15) is 9.59 Å². The second kappa shape index (κ2) is 7.19. The topological polar surface area (TPSA) is 66.9 Å². The minimum Gasteiger partial charge on any atom is -0.354 e. The number of nitrogens with one attached hydrogen (secondary N) is 2. The van der Waals surface area contributed by atoms with Gasteiger partial charge in [-0.05, 0) is 50.7 Å². The number of carbonyl (C=O) groups is 1. The van der Waals surface area contributed by atoms with Crippen LogP contribution in [0.1, 0.15) is 26.7 Å². The summed E-state index contributed by atoms with van der Waals surface area (Å²) in [5.74, 6) is -0.0125. The van der Waals surface area contributed by atoms with Gasteiger partial charge in [0, 0.05) is 23.5 Å². The van der Waals surface area contributed by atoms with Crippen molar-refractivity contribution in [3.8, 4) is 0 Å². The summed E-state index contributed by atoms with van der Waals surface area (Å²) in [5, 5.41) is 3.41. The maximum absolute atomic E-state index is 12.5. The number of H-pyrrole nitrogens is 1. The molecule has 0 atom stereocenters. The first-order valence-corrected chi connectivity index (χ1v) is 8.30. The van der Waals surface area contributed by atoms with Crippen LogP contribution in [0.5, 0.6) is 0 Å². The molecule has 0 fully saturated rings. The Labute approximate surface area is 141 Å². The van der Waals surface area contributed by atoms with Gasteiger partial charge in [0.05, 0.1) is 10.9 Å². The lowest BCUT2D eigenvalue weighted by molar-refractivity contribution is -0.121. The summed E-state index contributed by atoms with van der Waals surface area (Å²) in [6, 6.07) is 5.56. The first-order chi connectivity index (χ1) is 10.4. The molecule has 1 amide bonds. The lowest BCUT2D eigenvalue weighted by atomic mass is 10.2. The Balaban J connectivity index is 2.20. The maximum atomic E-state index is 12.5. The molecule has 22 heavy (non-hydrogen) atoms. The van der Waals surface area contributed by atoms with E-state index in [4.69, 9.17) is 12.2 Å². The van der Waals surface area contributed by atoms with E-state index in [1.807, 2.05) is 26.0 Å². The van der Waals surface area contributed by atoms with E-state index in [0.717, 1.165) is 4.47 Å². The number of fused-ring (bicyclic) bond motifs is 1. The van der Waals surface area contributed by atoms with Gasteiger partial charge in [0.2, 0.25) is 5.91 Å². The molecule has 0 aliphatic rings. The number of hydrogen-bond acceptors (Lipinski definition) is 3. The zero-order valence-corrected chi connectivity index (χ0v) is 14.9. The third kappa shape index (κ3) is 4.04. The fourth-order valence-corrected chi connectivity index (χ4v) is 2.86. The molecule has 0 aliphatic carbocycles. The van der Waals surface area contributed by atoms with Gasteiger partial charge in [-0.2, -0.15) is 0 Å². The highest BCUT2D eigenvalue weighted by atomic mass is 79.9. The summed E-state index contributed by atoms with van der Waals surface area (Å²) in [5.41, 5.74) is 0.580. The average Bonchev–Trinajstić information content (AvgIpc) is 2.42. The predicted octanol–water partition coefficient (Wildman–Crippen LogP) is 3.13. The number of aromatic nitrogens is 2. The highest BCUT2D eigenvalue weighted by Crippen LogP contribution is 2.15. The van der Waals surface area contributed by atoms with Gasteiger partial charge < -0.3 is 10.3 Å². The number of nitrogens with zero attached hydrogens (tertiary/aromatic N) is 1. The van der Waals surface area contributed by atoms with Gasteiger partial charge in [-0.15, -0.1) is 0 Å². The third-order valence-corrected chi connectivity index (χ3v) is 3.99. The Bertz CT molecular complexity index is 811. The standard InChI is InChI=1S/C15H18BrN3O2S/c1-9(2)17-13(20)4-3-7-19-14(21)11-8-10(16)5-6-12(11)18-15(19)22/h5-6,8-9H,3-4,7H2,1-2H3,(H,17,20)(H,18,22). The second-order valence-electron chi connectivity index (χ2n) is 5.40. The van der Waals surface area contributed by atoms with Crippen LogP contribution in [-0.2, 0) is 11.3 Å². The van der Waals surface area contributed by atoms with E-state index >= 15 is 0 Å². The fourth-order valence-electron chi connectivity index (χ4n) is 2.22. The van der Waals surface area contributed by atoms with Crippen molar-refractivity contribution < 1.29 is 4.79 Å². The lowest BCUT2D eigenvalue weighted by Gasteiger charge is -2.10. The van der Waals surface area contributed by atoms with Gasteiger partial charge in [0.1, 0.15) is 0 Å². The number of halogens is 1.